The number of methoxy groups -OCH3 is 1. The molecular formula is C22H20F2N6O3. The van der Waals surface area contributed by atoms with Crippen molar-refractivity contribution in [3.63, 3.8) is 0 Å². The molecule has 2 heterocycles. The molecule has 1 N–H and O–H groups in total. The Labute approximate surface area is 187 Å². The van der Waals surface area contributed by atoms with E-state index in [1.807, 2.05) is 25.3 Å². The summed E-state index contributed by atoms with van der Waals surface area (Å²) in [7, 11) is 1.31. The largest absolute Gasteiger partial charge is 0.494 e. The van der Waals surface area contributed by atoms with Crippen molar-refractivity contribution in [3.05, 3.63) is 64.1 Å². The number of hydrogen-bond acceptors (Lipinski definition) is 7. The maximum Gasteiger partial charge on any atom is 0.307 e. The first-order valence-electron chi connectivity index (χ1n) is 10.00. The Morgan fingerprint density at radius 2 is 1.91 bits per heavy atom. The zero-order valence-corrected chi connectivity index (χ0v) is 18.3. The van der Waals surface area contributed by atoms with Crippen molar-refractivity contribution in [2.45, 2.75) is 26.8 Å². The van der Waals surface area contributed by atoms with Crippen molar-refractivity contribution in [2.75, 3.05) is 12.4 Å². The van der Waals surface area contributed by atoms with Crippen molar-refractivity contribution < 1.29 is 18.4 Å². The molecular weight excluding hydrogens is 434 g/mol. The number of imidazole rings is 1. The Morgan fingerprint density at radius 3 is 2.58 bits per heavy atom. The summed E-state index contributed by atoms with van der Waals surface area (Å²) in [5.74, 6) is -0.699. The molecule has 2 aromatic heterocycles. The number of halogens is 2. The summed E-state index contributed by atoms with van der Waals surface area (Å²) in [6, 6.07) is 6.74. The van der Waals surface area contributed by atoms with Crippen molar-refractivity contribution in [2.24, 2.45) is 0 Å². The van der Waals surface area contributed by atoms with Crippen LogP contribution in [0.5, 0.6) is 5.75 Å². The normalized spacial score (nSPS) is 11.2. The van der Waals surface area contributed by atoms with Gasteiger partial charge in [0, 0.05) is 29.9 Å². The van der Waals surface area contributed by atoms with E-state index >= 15 is 0 Å². The topological polar surface area (TPSA) is 108 Å². The van der Waals surface area contributed by atoms with Gasteiger partial charge in [-0.25, -0.2) is 19.3 Å². The molecule has 0 radical (unpaired) electrons. The van der Waals surface area contributed by atoms with E-state index in [2.05, 4.69) is 20.3 Å². The Hall–Kier alpha value is -4.15. The number of aryl methyl sites for hydroxylation is 1. The summed E-state index contributed by atoms with van der Waals surface area (Å²) < 4.78 is 35.8. The fourth-order valence-corrected chi connectivity index (χ4v) is 3.72. The molecule has 33 heavy (non-hydrogen) atoms. The number of ether oxygens (including phenoxy) is 1. The predicted octanol–water partition coefficient (Wildman–Crippen LogP) is 5.32. The minimum absolute atomic E-state index is 0.0378. The van der Waals surface area contributed by atoms with Crippen LogP contribution in [0.2, 0.25) is 0 Å². The second-order valence-electron chi connectivity index (χ2n) is 7.60. The van der Waals surface area contributed by atoms with Gasteiger partial charge in [0.05, 0.1) is 28.9 Å². The third-order valence-corrected chi connectivity index (χ3v) is 5.10. The summed E-state index contributed by atoms with van der Waals surface area (Å²) >= 11 is 0. The zero-order valence-electron chi connectivity index (χ0n) is 18.3. The number of nitrogens with zero attached hydrogens (tertiary/aromatic N) is 5. The highest BCUT2D eigenvalue weighted by Gasteiger charge is 2.20. The maximum absolute atomic E-state index is 14.8. The molecule has 0 aliphatic heterocycles. The lowest BCUT2D eigenvalue weighted by Gasteiger charge is -2.12. The van der Waals surface area contributed by atoms with Crippen molar-refractivity contribution in [1.82, 2.24) is 19.5 Å². The molecule has 0 saturated carbocycles. The van der Waals surface area contributed by atoms with Crippen LogP contribution in [0.25, 0.3) is 22.3 Å². The monoisotopic (exact) mass is 454 g/mol. The average Bonchev–Trinajstić information content (AvgIpc) is 3.11. The lowest BCUT2D eigenvalue weighted by atomic mass is 10.1. The number of nitro groups is 1. The molecule has 0 aliphatic carbocycles. The van der Waals surface area contributed by atoms with Gasteiger partial charge in [0.15, 0.2) is 5.82 Å². The van der Waals surface area contributed by atoms with Gasteiger partial charge in [0.2, 0.25) is 11.8 Å². The van der Waals surface area contributed by atoms with Crippen LogP contribution in [-0.4, -0.2) is 31.6 Å². The zero-order chi connectivity index (χ0) is 23.9. The number of aromatic nitrogens is 4. The standard InChI is InChI=1S/C22H20F2N6O3/c1-11(2)29-12(3)26-21-15(24)7-13(8-19(21)29)16-5-6-25-22(27-16)28-17-10-18(30(31)32)14(23)9-20(17)33-4/h5-11H,1-4H3,(H,25,27,28). The Bertz CT molecular complexity index is 1390. The maximum atomic E-state index is 14.8. The van der Waals surface area contributed by atoms with Gasteiger partial charge in [-0.05, 0) is 39.0 Å². The Balaban J connectivity index is 1.77. The third kappa shape index (κ3) is 4.04. The molecule has 9 nitrogen and oxygen atoms in total. The number of nitrogens with one attached hydrogen (secondary N) is 1. The van der Waals surface area contributed by atoms with E-state index in [4.69, 9.17) is 4.74 Å². The van der Waals surface area contributed by atoms with Crippen LogP contribution < -0.4 is 10.1 Å². The summed E-state index contributed by atoms with van der Waals surface area (Å²) in [6.45, 7) is 5.79. The van der Waals surface area contributed by atoms with Crippen LogP contribution in [0.1, 0.15) is 25.7 Å². The molecule has 0 amide bonds. The molecule has 0 saturated heterocycles. The SMILES string of the molecule is COc1cc(F)c([N+](=O)[O-])cc1Nc1nccc(-c2cc(F)c3nc(C)n(C(C)C)c3c2)n1. The minimum atomic E-state index is -1.03. The van der Waals surface area contributed by atoms with Gasteiger partial charge >= 0.3 is 5.69 Å². The molecule has 0 atom stereocenters. The van der Waals surface area contributed by atoms with Crippen molar-refractivity contribution >= 4 is 28.4 Å². The summed E-state index contributed by atoms with van der Waals surface area (Å²) in [5.41, 5.74) is 1.22. The molecule has 4 aromatic rings. The Kier molecular flexibility index (Phi) is 5.62. The number of anilines is 2. The highest BCUT2D eigenvalue weighted by atomic mass is 19.1. The van der Waals surface area contributed by atoms with E-state index in [1.54, 1.807) is 12.1 Å². The van der Waals surface area contributed by atoms with E-state index in [0.29, 0.717) is 22.6 Å². The lowest BCUT2D eigenvalue weighted by Crippen LogP contribution is -2.03. The van der Waals surface area contributed by atoms with Crippen molar-refractivity contribution in [1.29, 1.82) is 0 Å². The van der Waals surface area contributed by atoms with Gasteiger partial charge in [0.25, 0.3) is 0 Å². The molecule has 170 valence electrons. The molecule has 11 heteroatoms. The highest BCUT2D eigenvalue weighted by Crippen LogP contribution is 2.34. The molecule has 0 aliphatic rings. The Morgan fingerprint density at radius 1 is 1.15 bits per heavy atom. The van der Waals surface area contributed by atoms with E-state index < -0.39 is 22.2 Å². The highest BCUT2D eigenvalue weighted by molar-refractivity contribution is 5.83. The van der Waals surface area contributed by atoms with Gasteiger partial charge < -0.3 is 14.6 Å². The number of benzene rings is 2. The summed E-state index contributed by atoms with van der Waals surface area (Å²) in [5, 5.41) is 13.9. The van der Waals surface area contributed by atoms with Gasteiger partial charge in [0.1, 0.15) is 17.1 Å². The molecule has 0 fully saturated rings. The van der Waals surface area contributed by atoms with E-state index in [-0.39, 0.29) is 28.9 Å². The first-order chi connectivity index (χ1) is 15.7. The molecule has 0 spiro atoms. The third-order valence-electron chi connectivity index (χ3n) is 5.10. The number of hydrogen-bond donors (Lipinski definition) is 1. The van der Waals surface area contributed by atoms with E-state index in [0.717, 1.165) is 12.1 Å². The van der Waals surface area contributed by atoms with Crippen LogP contribution in [0.3, 0.4) is 0 Å². The fraction of sp³-hybridized carbons (Fsp3) is 0.227. The van der Waals surface area contributed by atoms with Crippen LogP contribution >= 0.6 is 0 Å². The summed E-state index contributed by atoms with van der Waals surface area (Å²) in [6.07, 6.45) is 1.46. The van der Waals surface area contributed by atoms with Gasteiger partial charge in [-0.1, -0.05) is 0 Å². The van der Waals surface area contributed by atoms with Crippen LogP contribution in [0, 0.1) is 28.7 Å². The van der Waals surface area contributed by atoms with Gasteiger partial charge in [-0.15, -0.1) is 0 Å². The number of fused-ring (bicyclic) bond motifs is 1. The van der Waals surface area contributed by atoms with Gasteiger partial charge in [-0.2, -0.15) is 4.39 Å². The average molecular weight is 454 g/mol. The number of nitro benzene ring substituents is 1. The summed E-state index contributed by atoms with van der Waals surface area (Å²) in [4.78, 5) is 23.1. The quantitative estimate of drug-likeness (QED) is 0.310. The molecule has 0 bridgehead atoms. The minimum Gasteiger partial charge on any atom is -0.494 e. The van der Waals surface area contributed by atoms with E-state index in [9.17, 15) is 18.9 Å². The lowest BCUT2D eigenvalue weighted by molar-refractivity contribution is -0.387. The fourth-order valence-electron chi connectivity index (χ4n) is 3.72. The second-order valence-corrected chi connectivity index (χ2v) is 7.60. The van der Waals surface area contributed by atoms with Crippen LogP contribution in [0.15, 0.2) is 36.5 Å². The molecule has 4 rings (SSSR count). The first-order valence-corrected chi connectivity index (χ1v) is 10.00. The second kappa shape index (κ2) is 8.41. The van der Waals surface area contributed by atoms with Gasteiger partial charge in [-0.3, -0.25) is 10.1 Å². The van der Waals surface area contributed by atoms with Crippen LogP contribution in [0.4, 0.5) is 26.1 Å². The smallest absolute Gasteiger partial charge is 0.307 e. The van der Waals surface area contributed by atoms with Crippen molar-refractivity contribution in [3.8, 4) is 17.0 Å². The first kappa shape index (κ1) is 22.1. The molecule has 0 unspecified atom stereocenters. The molecule has 2 aromatic carbocycles. The van der Waals surface area contributed by atoms with Crippen LogP contribution in [-0.2, 0) is 0 Å². The number of rotatable bonds is 6. The predicted molar refractivity (Wildman–Crippen MR) is 119 cm³/mol. The van der Waals surface area contributed by atoms with E-state index in [1.165, 1.54) is 19.4 Å².